The van der Waals surface area contributed by atoms with Crippen LogP contribution < -0.4 is 0 Å². The molecule has 1 unspecified atom stereocenters. The number of hydrogen-bond acceptors (Lipinski definition) is 5. The molecule has 9 heteroatoms. The first-order chi connectivity index (χ1) is 12.9. The monoisotopic (exact) mass is 396 g/mol. The predicted octanol–water partition coefficient (Wildman–Crippen LogP) is 0.716. The summed E-state index contributed by atoms with van der Waals surface area (Å²) in [6.07, 6.45) is 2.81. The van der Waals surface area contributed by atoms with Crippen molar-refractivity contribution in [2.45, 2.75) is 36.6 Å². The highest BCUT2D eigenvalue weighted by Crippen LogP contribution is 2.21. The van der Waals surface area contributed by atoms with Crippen LogP contribution in [0.1, 0.15) is 24.8 Å². The Morgan fingerprint density at radius 2 is 1.74 bits per heavy atom. The number of ether oxygens (including phenoxy) is 1. The number of nitrogens with zero attached hydrogens (tertiary/aromatic N) is 2. The molecule has 3 rings (SSSR count). The van der Waals surface area contributed by atoms with Gasteiger partial charge in [0.2, 0.25) is 15.9 Å². The second-order valence-electron chi connectivity index (χ2n) is 6.80. The Morgan fingerprint density at radius 1 is 1.07 bits per heavy atom. The minimum absolute atomic E-state index is 0.0198. The summed E-state index contributed by atoms with van der Waals surface area (Å²) in [4.78, 5) is 25.3. The van der Waals surface area contributed by atoms with Crippen molar-refractivity contribution in [2.24, 2.45) is 0 Å². The van der Waals surface area contributed by atoms with Crippen LogP contribution in [0.3, 0.4) is 0 Å². The maximum absolute atomic E-state index is 12.7. The van der Waals surface area contributed by atoms with E-state index in [1.54, 1.807) is 12.1 Å². The Balaban J connectivity index is 1.68. The van der Waals surface area contributed by atoms with Gasteiger partial charge < -0.3 is 14.7 Å². The Labute approximate surface area is 158 Å². The molecule has 2 saturated heterocycles. The molecule has 2 fully saturated rings. The standard InChI is InChI=1S/C18H24N2O6S/c21-17(20-10-11-26-13-16(20)18(22)23)12-14-4-6-15(7-5-14)27(24,25)19-8-2-1-3-9-19/h4-7,16H,1-3,8-13H2,(H,22,23). The van der Waals surface area contributed by atoms with Crippen molar-refractivity contribution in [1.82, 2.24) is 9.21 Å². The molecule has 1 N–H and O–H groups in total. The Kier molecular flexibility index (Phi) is 6.13. The normalized spacial score (nSPS) is 21.8. The third-order valence-electron chi connectivity index (χ3n) is 4.97. The molecule has 0 radical (unpaired) electrons. The summed E-state index contributed by atoms with van der Waals surface area (Å²) in [5.74, 6) is -1.40. The van der Waals surface area contributed by atoms with Crippen LogP contribution in [0.2, 0.25) is 0 Å². The summed E-state index contributed by atoms with van der Waals surface area (Å²) in [6.45, 7) is 1.60. The number of amides is 1. The van der Waals surface area contributed by atoms with Crippen molar-refractivity contribution in [2.75, 3.05) is 32.8 Å². The molecule has 0 saturated carbocycles. The van der Waals surface area contributed by atoms with Crippen LogP contribution in [0.15, 0.2) is 29.2 Å². The molecular weight excluding hydrogens is 372 g/mol. The Bertz CT molecular complexity index is 787. The van der Waals surface area contributed by atoms with Gasteiger partial charge in [-0.05, 0) is 30.5 Å². The lowest BCUT2D eigenvalue weighted by atomic mass is 10.1. The highest BCUT2D eigenvalue weighted by molar-refractivity contribution is 7.89. The first-order valence-electron chi connectivity index (χ1n) is 9.09. The fourth-order valence-corrected chi connectivity index (χ4v) is 4.93. The van der Waals surface area contributed by atoms with Crippen molar-refractivity contribution >= 4 is 21.9 Å². The van der Waals surface area contributed by atoms with Crippen LogP contribution in [-0.4, -0.2) is 73.5 Å². The van der Waals surface area contributed by atoms with Gasteiger partial charge in [-0.3, -0.25) is 4.79 Å². The molecule has 1 aromatic rings. The van der Waals surface area contributed by atoms with Crippen LogP contribution in [0.4, 0.5) is 0 Å². The second kappa shape index (κ2) is 8.37. The van der Waals surface area contributed by atoms with E-state index in [4.69, 9.17) is 4.74 Å². The zero-order chi connectivity index (χ0) is 19.4. The third-order valence-corrected chi connectivity index (χ3v) is 6.88. The van der Waals surface area contributed by atoms with Crippen molar-refractivity contribution in [3.05, 3.63) is 29.8 Å². The third kappa shape index (κ3) is 4.48. The van der Waals surface area contributed by atoms with Gasteiger partial charge in [0.25, 0.3) is 0 Å². The van der Waals surface area contributed by atoms with E-state index < -0.39 is 22.0 Å². The summed E-state index contributed by atoms with van der Waals surface area (Å²) >= 11 is 0. The zero-order valence-electron chi connectivity index (χ0n) is 15.0. The van der Waals surface area contributed by atoms with E-state index in [2.05, 4.69) is 0 Å². The molecule has 0 aromatic heterocycles. The number of rotatable bonds is 5. The number of carbonyl (C=O) groups excluding carboxylic acids is 1. The lowest BCUT2D eigenvalue weighted by molar-refractivity contribution is -0.158. The number of hydrogen-bond donors (Lipinski definition) is 1. The van der Waals surface area contributed by atoms with E-state index in [1.165, 1.54) is 21.3 Å². The number of carboxylic acids is 1. The predicted molar refractivity (Wildman–Crippen MR) is 96.7 cm³/mol. The Morgan fingerprint density at radius 3 is 2.37 bits per heavy atom. The number of aliphatic carboxylic acids is 1. The highest BCUT2D eigenvalue weighted by atomic mass is 32.2. The van der Waals surface area contributed by atoms with E-state index in [0.717, 1.165) is 19.3 Å². The summed E-state index contributed by atoms with van der Waals surface area (Å²) in [7, 11) is -3.50. The van der Waals surface area contributed by atoms with Gasteiger partial charge in [-0.25, -0.2) is 13.2 Å². The molecule has 1 atom stereocenters. The van der Waals surface area contributed by atoms with Crippen molar-refractivity contribution in [3.63, 3.8) is 0 Å². The van der Waals surface area contributed by atoms with Gasteiger partial charge in [-0.2, -0.15) is 4.31 Å². The Hall–Kier alpha value is -1.97. The average Bonchev–Trinajstić information content (AvgIpc) is 2.69. The molecule has 1 amide bonds. The van der Waals surface area contributed by atoms with Crippen LogP contribution in [0, 0.1) is 0 Å². The summed E-state index contributed by atoms with van der Waals surface area (Å²) in [5.41, 5.74) is 0.647. The number of benzene rings is 1. The van der Waals surface area contributed by atoms with Gasteiger partial charge in [0, 0.05) is 19.6 Å². The molecular formula is C18H24N2O6S. The second-order valence-corrected chi connectivity index (χ2v) is 8.74. The van der Waals surface area contributed by atoms with Gasteiger partial charge in [0.05, 0.1) is 24.5 Å². The number of morpholine rings is 1. The summed E-state index contributed by atoms with van der Waals surface area (Å²) < 4.78 is 32.0. The van der Waals surface area contributed by atoms with E-state index in [0.29, 0.717) is 25.3 Å². The fourth-order valence-electron chi connectivity index (χ4n) is 3.42. The highest BCUT2D eigenvalue weighted by Gasteiger charge is 2.32. The van der Waals surface area contributed by atoms with E-state index in [1.807, 2.05) is 0 Å². The van der Waals surface area contributed by atoms with E-state index in [9.17, 15) is 23.1 Å². The molecule has 0 aliphatic carbocycles. The van der Waals surface area contributed by atoms with E-state index in [-0.39, 0.29) is 30.4 Å². The molecule has 27 heavy (non-hydrogen) atoms. The van der Waals surface area contributed by atoms with Crippen molar-refractivity contribution in [3.8, 4) is 0 Å². The largest absolute Gasteiger partial charge is 0.480 e. The number of carbonyl (C=O) groups is 2. The maximum Gasteiger partial charge on any atom is 0.328 e. The van der Waals surface area contributed by atoms with Crippen LogP contribution in [0.5, 0.6) is 0 Å². The molecule has 2 aliphatic heterocycles. The smallest absolute Gasteiger partial charge is 0.328 e. The summed E-state index contributed by atoms with van der Waals surface area (Å²) in [6, 6.07) is 5.28. The van der Waals surface area contributed by atoms with Gasteiger partial charge in [0.15, 0.2) is 6.04 Å². The van der Waals surface area contributed by atoms with Crippen LogP contribution >= 0.6 is 0 Å². The van der Waals surface area contributed by atoms with Crippen molar-refractivity contribution < 1.29 is 27.9 Å². The van der Waals surface area contributed by atoms with Gasteiger partial charge in [-0.1, -0.05) is 18.6 Å². The quantitative estimate of drug-likeness (QED) is 0.786. The van der Waals surface area contributed by atoms with E-state index >= 15 is 0 Å². The summed E-state index contributed by atoms with van der Waals surface area (Å²) in [5, 5.41) is 9.23. The van der Waals surface area contributed by atoms with Gasteiger partial charge in [-0.15, -0.1) is 0 Å². The molecule has 2 aliphatic rings. The van der Waals surface area contributed by atoms with Crippen LogP contribution in [0.25, 0.3) is 0 Å². The molecule has 0 spiro atoms. The number of carboxylic acid groups (broad SMARTS) is 1. The SMILES string of the molecule is O=C(O)C1COCCN1C(=O)Cc1ccc(S(=O)(=O)N2CCCCC2)cc1. The van der Waals surface area contributed by atoms with Gasteiger partial charge >= 0.3 is 5.97 Å². The maximum atomic E-state index is 12.7. The minimum atomic E-state index is -3.50. The molecule has 8 nitrogen and oxygen atoms in total. The zero-order valence-corrected chi connectivity index (χ0v) is 15.9. The molecule has 0 bridgehead atoms. The van der Waals surface area contributed by atoms with Crippen LogP contribution in [-0.2, 0) is 30.8 Å². The molecule has 1 aromatic carbocycles. The molecule has 148 valence electrons. The van der Waals surface area contributed by atoms with Gasteiger partial charge in [0.1, 0.15) is 0 Å². The topological polar surface area (TPSA) is 104 Å². The lowest BCUT2D eigenvalue weighted by Crippen LogP contribution is -2.53. The lowest BCUT2D eigenvalue weighted by Gasteiger charge is -2.33. The first kappa shape index (κ1) is 19.8. The van der Waals surface area contributed by atoms with Crippen molar-refractivity contribution in [1.29, 1.82) is 0 Å². The number of sulfonamides is 1. The fraction of sp³-hybridized carbons (Fsp3) is 0.556. The number of piperidine rings is 1. The molecule has 2 heterocycles. The average molecular weight is 396 g/mol. The first-order valence-corrected chi connectivity index (χ1v) is 10.5. The minimum Gasteiger partial charge on any atom is -0.480 e.